The van der Waals surface area contributed by atoms with E-state index in [9.17, 15) is 20.1 Å². The molecule has 0 spiro atoms. The molecule has 8 heteroatoms. The van der Waals surface area contributed by atoms with Gasteiger partial charge in [-0.25, -0.2) is 4.79 Å². The van der Waals surface area contributed by atoms with Crippen molar-refractivity contribution in [3.63, 3.8) is 0 Å². The zero-order valence-electron chi connectivity index (χ0n) is 12.3. The van der Waals surface area contributed by atoms with E-state index < -0.39 is 36.3 Å². The molecule has 1 aliphatic heterocycles. The van der Waals surface area contributed by atoms with E-state index in [1.54, 1.807) is 13.8 Å². The summed E-state index contributed by atoms with van der Waals surface area (Å²) >= 11 is 0. The van der Waals surface area contributed by atoms with E-state index in [0.29, 0.717) is 0 Å². The summed E-state index contributed by atoms with van der Waals surface area (Å²) in [6, 6.07) is 1.37. The fourth-order valence-corrected chi connectivity index (χ4v) is 2.25. The summed E-state index contributed by atoms with van der Waals surface area (Å²) in [4.78, 5) is 15.5. The molecule has 1 aromatic heterocycles. The molecule has 1 saturated heterocycles. The Labute approximate surface area is 126 Å². The van der Waals surface area contributed by atoms with Gasteiger partial charge in [0.05, 0.1) is 6.61 Å². The SMILES string of the molecule is CC(C)=C=C[C@@]1(O)[C@H](O)[C@@H](CO)O[C@H]1n1ccc(N)nc1=O. The first kappa shape index (κ1) is 16.4. The van der Waals surface area contributed by atoms with Crippen LogP contribution in [0.2, 0.25) is 0 Å². The Bertz CT molecular complexity index is 675. The van der Waals surface area contributed by atoms with Gasteiger partial charge in [-0.15, -0.1) is 5.73 Å². The molecule has 120 valence electrons. The number of aromatic nitrogens is 2. The Morgan fingerprint density at radius 1 is 1.64 bits per heavy atom. The summed E-state index contributed by atoms with van der Waals surface area (Å²) in [5.74, 6) is 0.0295. The monoisotopic (exact) mass is 309 g/mol. The Balaban J connectivity index is 2.56. The van der Waals surface area contributed by atoms with Crippen LogP contribution in [0.3, 0.4) is 0 Å². The van der Waals surface area contributed by atoms with Crippen molar-refractivity contribution in [2.75, 3.05) is 12.3 Å². The molecule has 0 unspecified atom stereocenters. The number of nitrogen functional groups attached to an aromatic ring is 1. The minimum absolute atomic E-state index is 0.0295. The first-order valence-corrected chi connectivity index (χ1v) is 6.72. The lowest BCUT2D eigenvalue weighted by atomic mass is 9.93. The van der Waals surface area contributed by atoms with Crippen molar-refractivity contribution in [1.29, 1.82) is 0 Å². The van der Waals surface area contributed by atoms with Crippen molar-refractivity contribution in [1.82, 2.24) is 9.55 Å². The highest BCUT2D eigenvalue weighted by Crippen LogP contribution is 2.38. The van der Waals surface area contributed by atoms with Gasteiger partial charge in [-0.1, -0.05) is 0 Å². The lowest BCUT2D eigenvalue weighted by Gasteiger charge is -2.27. The van der Waals surface area contributed by atoms with Crippen LogP contribution in [0.4, 0.5) is 5.82 Å². The summed E-state index contributed by atoms with van der Waals surface area (Å²) in [7, 11) is 0. The molecule has 0 radical (unpaired) electrons. The number of ether oxygens (including phenoxy) is 1. The molecule has 0 bridgehead atoms. The van der Waals surface area contributed by atoms with Gasteiger partial charge in [0.1, 0.15) is 18.0 Å². The molecule has 0 saturated carbocycles. The molecule has 0 aromatic carbocycles. The number of nitrogens with two attached hydrogens (primary N) is 1. The average molecular weight is 309 g/mol. The van der Waals surface area contributed by atoms with E-state index in [0.717, 1.165) is 10.1 Å². The summed E-state index contributed by atoms with van der Waals surface area (Å²) in [6.07, 6.45) is -1.19. The Hall–Kier alpha value is -1.96. The van der Waals surface area contributed by atoms with Crippen LogP contribution in [0, 0.1) is 0 Å². The standard InChI is InChI=1S/C14H19N3O5/c1-8(2)3-5-14(21)11(19)9(7-18)22-12(14)17-6-4-10(15)16-13(17)20/h4-6,9,11-12,18-19,21H,7H2,1-2H3,(H2,15,16,20)/t9-,11-,12-,14-/m1/s1. The van der Waals surface area contributed by atoms with Crippen LogP contribution in [-0.4, -0.2) is 49.3 Å². The van der Waals surface area contributed by atoms with Crippen LogP contribution in [0.15, 0.2) is 34.4 Å². The number of aliphatic hydroxyl groups is 3. The normalized spacial score (nSPS) is 30.9. The van der Waals surface area contributed by atoms with Gasteiger partial charge < -0.3 is 25.8 Å². The van der Waals surface area contributed by atoms with Crippen LogP contribution < -0.4 is 11.4 Å². The van der Waals surface area contributed by atoms with E-state index in [2.05, 4.69) is 10.7 Å². The van der Waals surface area contributed by atoms with Crippen LogP contribution in [-0.2, 0) is 4.74 Å². The highest BCUT2D eigenvalue weighted by molar-refractivity contribution is 5.24. The Kier molecular flexibility index (Phi) is 4.50. The van der Waals surface area contributed by atoms with Crippen LogP contribution >= 0.6 is 0 Å². The highest BCUT2D eigenvalue weighted by Gasteiger charge is 2.55. The predicted octanol–water partition coefficient (Wildman–Crippen LogP) is -1.07. The number of nitrogens with zero attached hydrogens (tertiary/aromatic N) is 2. The fraction of sp³-hybridized carbons (Fsp3) is 0.500. The van der Waals surface area contributed by atoms with E-state index in [1.165, 1.54) is 18.3 Å². The lowest BCUT2D eigenvalue weighted by Crippen LogP contribution is -2.47. The third-order valence-electron chi connectivity index (χ3n) is 3.40. The van der Waals surface area contributed by atoms with Crippen molar-refractivity contribution < 1.29 is 20.1 Å². The van der Waals surface area contributed by atoms with Crippen molar-refractivity contribution in [2.24, 2.45) is 0 Å². The van der Waals surface area contributed by atoms with Gasteiger partial charge in [-0.05, 0) is 31.6 Å². The Morgan fingerprint density at radius 3 is 2.86 bits per heavy atom. The topological polar surface area (TPSA) is 131 Å². The largest absolute Gasteiger partial charge is 0.394 e. The highest BCUT2D eigenvalue weighted by atomic mass is 16.6. The molecule has 5 N–H and O–H groups in total. The average Bonchev–Trinajstić information content (AvgIpc) is 2.70. The molecule has 22 heavy (non-hydrogen) atoms. The summed E-state index contributed by atoms with van der Waals surface area (Å²) in [5.41, 5.74) is 6.31. The fourth-order valence-electron chi connectivity index (χ4n) is 2.25. The van der Waals surface area contributed by atoms with Gasteiger partial charge >= 0.3 is 5.69 Å². The second-order valence-electron chi connectivity index (χ2n) is 5.37. The van der Waals surface area contributed by atoms with Crippen LogP contribution in [0.25, 0.3) is 0 Å². The van der Waals surface area contributed by atoms with Gasteiger partial charge in [-0.2, -0.15) is 4.98 Å². The van der Waals surface area contributed by atoms with Gasteiger partial charge in [0.15, 0.2) is 11.8 Å². The minimum atomic E-state index is -1.94. The first-order valence-electron chi connectivity index (χ1n) is 6.72. The van der Waals surface area contributed by atoms with Crippen molar-refractivity contribution in [2.45, 2.75) is 37.9 Å². The number of aliphatic hydroxyl groups excluding tert-OH is 2. The number of anilines is 1. The molecule has 2 rings (SSSR count). The molecule has 4 atom stereocenters. The number of rotatable bonds is 3. The second-order valence-corrected chi connectivity index (χ2v) is 5.37. The predicted molar refractivity (Wildman–Crippen MR) is 77.8 cm³/mol. The van der Waals surface area contributed by atoms with Gasteiger partial charge in [0, 0.05) is 6.20 Å². The molecular formula is C14H19N3O5. The van der Waals surface area contributed by atoms with Gasteiger partial charge in [0.2, 0.25) is 0 Å². The number of hydrogen-bond acceptors (Lipinski definition) is 7. The molecule has 1 aliphatic rings. The zero-order valence-corrected chi connectivity index (χ0v) is 12.3. The maximum Gasteiger partial charge on any atom is 0.351 e. The van der Waals surface area contributed by atoms with Crippen molar-refractivity contribution >= 4 is 5.82 Å². The molecule has 1 aromatic rings. The smallest absolute Gasteiger partial charge is 0.351 e. The zero-order chi connectivity index (χ0) is 16.5. The molecule has 0 aliphatic carbocycles. The lowest BCUT2D eigenvalue weighted by molar-refractivity contribution is -0.0813. The summed E-state index contributed by atoms with van der Waals surface area (Å²) in [6.45, 7) is 3.01. The maximum absolute atomic E-state index is 12.0. The molecule has 8 nitrogen and oxygen atoms in total. The Morgan fingerprint density at radius 2 is 2.32 bits per heavy atom. The quantitative estimate of drug-likeness (QED) is 0.523. The van der Waals surface area contributed by atoms with Crippen LogP contribution in [0.5, 0.6) is 0 Å². The molecule has 1 fully saturated rings. The van der Waals surface area contributed by atoms with E-state index in [-0.39, 0.29) is 5.82 Å². The summed E-state index contributed by atoms with van der Waals surface area (Å²) in [5, 5.41) is 30.3. The molecular weight excluding hydrogens is 290 g/mol. The van der Waals surface area contributed by atoms with Gasteiger partial charge in [0.25, 0.3) is 0 Å². The van der Waals surface area contributed by atoms with Crippen molar-refractivity contribution in [3.8, 4) is 0 Å². The van der Waals surface area contributed by atoms with E-state index >= 15 is 0 Å². The summed E-state index contributed by atoms with van der Waals surface area (Å²) < 4.78 is 6.44. The maximum atomic E-state index is 12.0. The van der Waals surface area contributed by atoms with Gasteiger partial charge in [-0.3, -0.25) is 4.57 Å². The number of hydrogen-bond donors (Lipinski definition) is 4. The second kappa shape index (κ2) is 6.04. The third-order valence-corrected chi connectivity index (χ3v) is 3.40. The van der Waals surface area contributed by atoms with Crippen LogP contribution in [0.1, 0.15) is 20.1 Å². The van der Waals surface area contributed by atoms with E-state index in [1.807, 2.05) is 0 Å². The third kappa shape index (κ3) is 2.83. The minimum Gasteiger partial charge on any atom is -0.394 e. The molecule has 0 amide bonds. The first-order chi connectivity index (χ1) is 10.3. The van der Waals surface area contributed by atoms with E-state index in [4.69, 9.17) is 10.5 Å². The van der Waals surface area contributed by atoms with Crippen molar-refractivity contribution in [3.05, 3.63) is 40.1 Å². The molecule has 2 heterocycles.